The lowest BCUT2D eigenvalue weighted by Gasteiger charge is -2.27. The number of benzene rings is 1. The largest absolute Gasteiger partial charge is 0.493 e. The SMILES string of the molecule is COc1ccccc1OCCN(CC(=O)O)C1CCCC1. The molecule has 0 radical (unpaired) electrons. The fourth-order valence-electron chi connectivity index (χ4n) is 2.84. The Balaban J connectivity index is 1.87. The molecule has 1 aliphatic carbocycles. The Hall–Kier alpha value is -1.75. The minimum Gasteiger partial charge on any atom is -0.493 e. The van der Waals surface area contributed by atoms with E-state index in [0.717, 1.165) is 12.8 Å². The molecule has 21 heavy (non-hydrogen) atoms. The molecule has 2 rings (SSSR count). The summed E-state index contributed by atoms with van der Waals surface area (Å²) in [4.78, 5) is 13.0. The fraction of sp³-hybridized carbons (Fsp3) is 0.562. The molecule has 1 aromatic carbocycles. The van der Waals surface area contributed by atoms with Crippen molar-refractivity contribution in [3.63, 3.8) is 0 Å². The molecule has 1 saturated carbocycles. The molecule has 1 aromatic rings. The monoisotopic (exact) mass is 293 g/mol. The van der Waals surface area contributed by atoms with Crippen LogP contribution in [0.15, 0.2) is 24.3 Å². The Bertz CT molecular complexity index is 457. The van der Waals surface area contributed by atoms with Crippen LogP contribution in [0.3, 0.4) is 0 Å². The van der Waals surface area contributed by atoms with Crippen LogP contribution >= 0.6 is 0 Å². The van der Waals surface area contributed by atoms with Crippen molar-refractivity contribution in [3.8, 4) is 11.5 Å². The predicted octanol–water partition coefficient (Wildman–Crippen LogP) is 2.40. The molecule has 0 aromatic heterocycles. The Kier molecular flexibility index (Phi) is 5.87. The van der Waals surface area contributed by atoms with Crippen molar-refractivity contribution < 1.29 is 19.4 Å². The maximum Gasteiger partial charge on any atom is 0.317 e. The van der Waals surface area contributed by atoms with Crippen molar-refractivity contribution in [2.75, 3.05) is 26.8 Å². The smallest absolute Gasteiger partial charge is 0.317 e. The predicted molar refractivity (Wildman–Crippen MR) is 80.0 cm³/mol. The first-order valence-corrected chi connectivity index (χ1v) is 7.42. The molecule has 1 aliphatic rings. The van der Waals surface area contributed by atoms with Crippen LogP contribution in [0, 0.1) is 0 Å². The third kappa shape index (κ3) is 4.63. The number of hydrogen-bond donors (Lipinski definition) is 1. The topological polar surface area (TPSA) is 59.0 Å². The highest BCUT2D eigenvalue weighted by atomic mass is 16.5. The van der Waals surface area contributed by atoms with E-state index in [1.54, 1.807) is 7.11 Å². The van der Waals surface area contributed by atoms with Gasteiger partial charge in [0.25, 0.3) is 0 Å². The second-order valence-electron chi connectivity index (χ2n) is 5.30. The molecule has 5 heteroatoms. The van der Waals surface area contributed by atoms with Crippen molar-refractivity contribution in [2.24, 2.45) is 0 Å². The Morgan fingerprint density at radius 1 is 1.29 bits per heavy atom. The van der Waals surface area contributed by atoms with E-state index < -0.39 is 5.97 Å². The van der Waals surface area contributed by atoms with Crippen molar-refractivity contribution >= 4 is 5.97 Å². The number of nitrogens with zero attached hydrogens (tertiary/aromatic N) is 1. The summed E-state index contributed by atoms with van der Waals surface area (Å²) >= 11 is 0. The van der Waals surface area contributed by atoms with Gasteiger partial charge in [-0.2, -0.15) is 0 Å². The van der Waals surface area contributed by atoms with Crippen LogP contribution in [0.5, 0.6) is 11.5 Å². The summed E-state index contributed by atoms with van der Waals surface area (Å²) in [5.74, 6) is 0.615. The lowest BCUT2D eigenvalue weighted by molar-refractivity contribution is -0.139. The van der Waals surface area contributed by atoms with Gasteiger partial charge in [-0.1, -0.05) is 25.0 Å². The fourth-order valence-corrected chi connectivity index (χ4v) is 2.84. The second-order valence-corrected chi connectivity index (χ2v) is 5.30. The third-order valence-corrected chi connectivity index (χ3v) is 3.88. The van der Waals surface area contributed by atoms with Gasteiger partial charge < -0.3 is 14.6 Å². The van der Waals surface area contributed by atoms with Gasteiger partial charge in [0.05, 0.1) is 13.7 Å². The molecule has 0 unspecified atom stereocenters. The van der Waals surface area contributed by atoms with E-state index in [1.165, 1.54) is 12.8 Å². The van der Waals surface area contributed by atoms with Gasteiger partial charge >= 0.3 is 5.97 Å². The van der Waals surface area contributed by atoms with Crippen LogP contribution in [0.1, 0.15) is 25.7 Å². The van der Waals surface area contributed by atoms with Gasteiger partial charge in [-0.05, 0) is 25.0 Å². The molecule has 0 aliphatic heterocycles. The summed E-state index contributed by atoms with van der Waals surface area (Å²) < 4.78 is 11.0. The molecule has 0 spiro atoms. The normalized spacial score (nSPS) is 15.3. The Morgan fingerprint density at radius 2 is 1.95 bits per heavy atom. The van der Waals surface area contributed by atoms with Crippen molar-refractivity contribution in [3.05, 3.63) is 24.3 Å². The summed E-state index contributed by atoms with van der Waals surface area (Å²) in [7, 11) is 1.61. The molecule has 1 fully saturated rings. The maximum atomic E-state index is 11.0. The maximum absolute atomic E-state index is 11.0. The summed E-state index contributed by atoms with van der Waals surface area (Å²) in [5.41, 5.74) is 0. The number of methoxy groups -OCH3 is 1. The minimum atomic E-state index is -0.779. The highest BCUT2D eigenvalue weighted by Gasteiger charge is 2.24. The van der Waals surface area contributed by atoms with Gasteiger partial charge in [-0.25, -0.2) is 0 Å². The van der Waals surface area contributed by atoms with Crippen LogP contribution in [-0.2, 0) is 4.79 Å². The molecule has 0 atom stereocenters. The molecule has 1 N–H and O–H groups in total. The van der Waals surface area contributed by atoms with Gasteiger partial charge in [0.15, 0.2) is 11.5 Å². The van der Waals surface area contributed by atoms with Crippen molar-refractivity contribution in [2.45, 2.75) is 31.7 Å². The number of rotatable bonds is 8. The van der Waals surface area contributed by atoms with Crippen LogP contribution in [0.2, 0.25) is 0 Å². The van der Waals surface area contributed by atoms with E-state index in [9.17, 15) is 4.79 Å². The van der Waals surface area contributed by atoms with E-state index >= 15 is 0 Å². The standard InChI is InChI=1S/C16H23NO4/c1-20-14-8-4-5-9-15(14)21-11-10-17(12-16(18)19)13-6-2-3-7-13/h4-5,8-9,13H,2-3,6-7,10-12H2,1H3,(H,18,19). The van der Waals surface area contributed by atoms with Gasteiger partial charge in [0.1, 0.15) is 6.61 Å². The zero-order valence-corrected chi connectivity index (χ0v) is 12.5. The number of hydrogen-bond acceptors (Lipinski definition) is 4. The molecule has 5 nitrogen and oxygen atoms in total. The first kappa shape index (κ1) is 15.6. The molecule has 0 bridgehead atoms. The number of para-hydroxylation sites is 2. The third-order valence-electron chi connectivity index (χ3n) is 3.88. The zero-order valence-electron chi connectivity index (χ0n) is 12.5. The Labute approximate surface area is 125 Å². The number of ether oxygens (including phenoxy) is 2. The first-order chi connectivity index (χ1) is 10.2. The van der Waals surface area contributed by atoms with E-state index in [1.807, 2.05) is 29.2 Å². The highest BCUT2D eigenvalue weighted by Crippen LogP contribution is 2.26. The average molecular weight is 293 g/mol. The van der Waals surface area contributed by atoms with E-state index in [4.69, 9.17) is 14.6 Å². The van der Waals surface area contributed by atoms with Crippen LogP contribution in [0.4, 0.5) is 0 Å². The van der Waals surface area contributed by atoms with E-state index in [2.05, 4.69) is 0 Å². The lowest BCUT2D eigenvalue weighted by Crippen LogP contribution is -2.40. The lowest BCUT2D eigenvalue weighted by atomic mass is 10.2. The molecular weight excluding hydrogens is 270 g/mol. The summed E-state index contributed by atoms with van der Waals surface area (Å²) in [6, 6.07) is 7.87. The molecule has 116 valence electrons. The minimum absolute atomic E-state index is 0.0833. The summed E-state index contributed by atoms with van der Waals surface area (Å²) in [5, 5.41) is 9.04. The number of carboxylic acid groups (broad SMARTS) is 1. The van der Waals surface area contributed by atoms with Crippen LogP contribution in [0.25, 0.3) is 0 Å². The number of aliphatic carboxylic acids is 1. The first-order valence-electron chi connectivity index (χ1n) is 7.42. The van der Waals surface area contributed by atoms with Gasteiger partial charge in [0.2, 0.25) is 0 Å². The highest BCUT2D eigenvalue weighted by molar-refractivity contribution is 5.69. The zero-order chi connectivity index (χ0) is 15.1. The average Bonchev–Trinajstić information content (AvgIpc) is 3.00. The summed E-state index contributed by atoms with van der Waals surface area (Å²) in [6.45, 7) is 1.17. The molecule has 0 saturated heterocycles. The number of carboxylic acids is 1. The quantitative estimate of drug-likeness (QED) is 0.797. The van der Waals surface area contributed by atoms with Gasteiger partial charge in [0, 0.05) is 12.6 Å². The van der Waals surface area contributed by atoms with E-state index in [-0.39, 0.29) is 6.54 Å². The summed E-state index contributed by atoms with van der Waals surface area (Å²) in [6.07, 6.45) is 4.55. The van der Waals surface area contributed by atoms with Crippen LogP contribution < -0.4 is 9.47 Å². The van der Waals surface area contributed by atoms with E-state index in [0.29, 0.717) is 30.7 Å². The van der Waals surface area contributed by atoms with Gasteiger partial charge in [-0.15, -0.1) is 0 Å². The molecular formula is C16H23NO4. The van der Waals surface area contributed by atoms with Crippen molar-refractivity contribution in [1.82, 2.24) is 4.90 Å². The van der Waals surface area contributed by atoms with Crippen molar-refractivity contribution in [1.29, 1.82) is 0 Å². The van der Waals surface area contributed by atoms with Crippen LogP contribution in [-0.4, -0.2) is 48.8 Å². The second kappa shape index (κ2) is 7.88. The molecule has 0 amide bonds. The Morgan fingerprint density at radius 3 is 2.57 bits per heavy atom. The number of carbonyl (C=O) groups is 1. The molecule has 0 heterocycles. The van der Waals surface area contributed by atoms with Gasteiger partial charge in [-0.3, -0.25) is 9.69 Å².